The minimum Gasteiger partial charge on any atom is -0.396 e. The predicted molar refractivity (Wildman–Crippen MR) is 69.4 cm³/mol. The summed E-state index contributed by atoms with van der Waals surface area (Å²) in [7, 11) is 0. The van der Waals surface area contributed by atoms with E-state index in [1.165, 1.54) is 19.3 Å². The molecule has 0 saturated heterocycles. The van der Waals surface area contributed by atoms with Crippen LogP contribution in [0.25, 0.3) is 0 Å². The molecule has 1 aliphatic carbocycles. The zero-order valence-corrected chi connectivity index (χ0v) is 10.6. The standard InChI is InChI=1S/C14H27NO/c1-3-5-6-14(13-7-8-13)15-11-12(4-2)9-10-16/h3,12-16H,1,4-11H2,2H3. The van der Waals surface area contributed by atoms with Crippen molar-refractivity contribution < 1.29 is 5.11 Å². The Kier molecular flexibility index (Phi) is 6.74. The molecule has 2 nitrogen and oxygen atoms in total. The maximum atomic E-state index is 8.95. The lowest BCUT2D eigenvalue weighted by molar-refractivity contribution is 0.246. The molecule has 0 aromatic carbocycles. The summed E-state index contributed by atoms with van der Waals surface area (Å²) in [5, 5.41) is 12.6. The van der Waals surface area contributed by atoms with E-state index in [1.807, 2.05) is 6.08 Å². The summed E-state index contributed by atoms with van der Waals surface area (Å²) in [6, 6.07) is 0.686. The third-order valence-corrected chi connectivity index (χ3v) is 3.66. The largest absolute Gasteiger partial charge is 0.396 e. The third-order valence-electron chi connectivity index (χ3n) is 3.66. The Bertz CT molecular complexity index is 189. The highest BCUT2D eigenvalue weighted by Crippen LogP contribution is 2.34. The van der Waals surface area contributed by atoms with Gasteiger partial charge in [0.05, 0.1) is 0 Å². The number of rotatable bonds is 10. The van der Waals surface area contributed by atoms with Gasteiger partial charge in [0.2, 0.25) is 0 Å². The van der Waals surface area contributed by atoms with Crippen LogP contribution in [-0.4, -0.2) is 24.3 Å². The quantitative estimate of drug-likeness (QED) is 0.560. The predicted octanol–water partition coefficient (Wildman–Crippen LogP) is 2.73. The molecule has 0 aromatic heterocycles. The second-order valence-electron chi connectivity index (χ2n) is 5.00. The van der Waals surface area contributed by atoms with E-state index in [0.717, 1.165) is 31.7 Å². The molecule has 1 aliphatic rings. The van der Waals surface area contributed by atoms with Crippen molar-refractivity contribution in [2.45, 2.75) is 51.5 Å². The molecule has 1 fully saturated rings. The van der Waals surface area contributed by atoms with Crippen LogP contribution in [0.3, 0.4) is 0 Å². The molecule has 0 aliphatic heterocycles. The summed E-state index contributed by atoms with van der Waals surface area (Å²) < 4.78 is 0. The molecule has 2 heteroatoms. The van der Waals surface area contributed by atoms with Crippen molar-refractivity contribution >= 4 is 0 Å². The van der Waals surface area contributed by atoms with Gasteiger partial charge in [-0.2, -0.15) is 0 Å². The van der Waals surface area contributed by atoms with E-state index in [1.54, 1.807) is 0 Å². The number of nitrogens with one attached hydrogen (secondary N) is 1. The Labute approximate surface area is 100 Å². The van der Waals surface area contributed by atoms with Crippen molar-refractivity contribution in [2.75, 3.05) is 13.2 Å². The third kappa shape index (κ3) is 5.13. The average molecular weight is 225 g/mol. The first-order valence-electron chi connectivity index (χ1n) is 6.76. The molecule has 2 unspecified atom stereocenters. The molecule has 0 amide bonds. The maximum Gasteiger partial charge on any atom is 0.0434 e. The number of allylic oxidation sites excluding steroid dienone is 1. The van der Waals surface area contributed by atoms with Crippen molar-refractivity contribution in [3.05, 3.63) is 12.7 Å². The molecule has 0 radical (unpaired) electrons. The van der Waals surface area contributed by atoms with E-state index in [4.69, 9.17) is 5.11 Å². The highest BCUT2D eigenvalue weighted by molar-refractivity contribution is 4.88. The molecular weight excluding hydrogens is 198 g/mol. The number of hydrogen-bond acceptors (Lipinski definition) is 2. The second kappa shape index (κ2) is 7.86. The summed E-state index contributed by atoms with van der Waals surface area (Å²) in [6.07, 6.45) is 9.24. The highest BCUT2D eigenvalue weighted by atomic mass is 16.3. The molecule has 2 atom stereocenters. The minimum absolute atomic E-state index is 0.320. The van der Waals surface area contributed by atoms with Crippen molar-refractivity contribution in [1.29, 1.82) is 0 Å². The molecule has 2 N–H and O–H groups in total. The molecule has 0 aromatic rings. The zero-order chi connectivity index (χ0) is 11.8. The van der Waals surface area contributed by atoms with Crippen LogP contribution in [0.5, 0.6) is 0 Å². The molecule has 16 heavy (non-hydrogen) atoms. The van der Waals surface area contributed by atoms with E-state index in [2.05, 4.69) is 18.8 Å². The number of aliphatic hydroxyl groups is 1. The van der Waals surface area contributed by atoms with Gasteiger partial charge in [0.25, 0.3) is 0 Å². The summed E-state index contributed by atoms with van der Waals surface area (Å²) in [4.78, 5) is 0. The minimum atomic E-state index is 0.320. The molecule has 94 valence electrons. The van der Waals surface area contributed by atoms with Crippen molar-refractivity contribution in [2.24, 2.45) is 11.8 Å². The topological polar surface area (TPSA) is 32.3 Å². The average Bonchev–Trinajstić information content (AvgIpc) is 3.11. The van der Waals surface area contributed by atoms with E-state index >= 15 is 0 Å². The molecule has 0 heterocycles. The van der Waals surface area contributed by atoms with Crippen LogP contribution < -0.4 is 5.32 Å². The normalized spacial score (nSPS) is 19.4. The smallest absolute Gasteiger partial charge is 0.0434 e. The highest BCUT2D eigenvalue weighted by Gasteiger charge is 2.30. The van der Waals surface area contributed by atoms with Crippen molar-refractivity contribution in [3.63, 3.8) is 0 Å². The second-order valence-corrected chi connectivity index (χ2v) is 5.00. The van der Waals surface area contributed by atoms with E-state index in [-0.39, 0.29) is 0 Å². The Morgan fingerprint density at radius 1 is 1.44 bits per heavy atom. The van der Waals surface area contributed by atoms with Gasteiger partial charge in [-0.15, -0.1) is 6.58 Å². The lowest BCUT2D eigenvalue weighted by Gasteiger charge is -2.21. The Morgan fingerprint density at radius 3 is 2.69 bits per heavy atom. The fourth-order valence-electron chi connectivity index (χ4n) is 2.25. The summed E-state index contributed by atoms with van der Waals surface area (Å²) in [5.41, 5.74) is 0. The fraction of sp³-hybridized carbons (Fsp3) is 0.857. The van der Waals surface area contributed by atoms with Crippen molar-refractivity contribution in [1.82, 2.24) is 5.32 Å². The van der Waals surface area contributed by atoms with Gasteiger partial charge in [-0.05, 0) is 50.5 Å². The van der Waals surface area contributed by atoms with Crippen molar-refractivity contribution in [3.8, 4) is 0 Å². The van der Waals surface area contributed by atoms with Crippen LogP contribution in [0.15, 0.2) is 12.7 Å². The number of hydrogen-bond donors (Lipinski definition) is 2. The first-order chi connectivity index (χ1) is 7.81. The van der Waals surface area contributed by atoms with Gasteiger partial charge in [-0.1, -0.05) is 19.4 Å². The van der Waals surface area contributed by atoms with Gasteiger partial charge in [-0.3, -0.25) is 0 Å². The van der Waals surface area contributed by atoms with Crippen LogP contribution in [0.2, 0.25) is 0 Å². The molecule has 1 saturated carbocycles. The monoisotopic (exact) mass is 225 g/mol. The Morgan fingerprint density at radius 2 is 2.19 bits per heavy atom. The molecule has 0 bridgehead atoms. The molecular formula is C14H27NO. The lowest BCUT2D eigenvalue weighted by atomic mass is 10.0. The van der Waals surface area contributed by atoms with E-state index < -0.39 is 0 Å². The van der Waals surface area contributed by atoms with E-state index in [9.17, 15) is 0 Å². The summed E-state index contributed by atoms with van der Waals surface area (Å²) >= 11 is 0. The zero-order valence-electron chi connectivity index (χ0n) is 10.6. The first kappa shape index (κ1) is 13.7. The van der Waals surface area contributed by atoms with Gasteiger partial charge in [0.15, 0.2) is 0 Å². The van der Waals surface area contributed by atoms with Crippen LogP contribution in [0.4, 0.5) is 0 Å². The Balaban J connectivity index is 2.22. The van der Waals surface area contributed by atoms with Gasteiger partial charge in [-0.25, -0.2) is 0 Å². The van der Waals surface area contributed by atoms with Crippen LogP contribution >= 0.6 is 0 Å². The van der Waals surface area contributed by atoms with Crippen LogP contribution in [-0.2, 0) is 0 Å². The number of aliphatic hydroxyl groups excluding tert-OH is 1. The Hall–Kier alpha value is -0.340. The summed E-state index contributed by atoms with van der Waals surface area (Å²) in [6.45, 7) is 7.38. The first-order valence-corrected chi connectivity index (χ1v) is 6.76. The lowest BCUT2D eigenvalue weighted by Crippen LogP contribution is -2.35. The molecule has 1 rings (SSSR count). The van der Waals surface area contributed by atoms with Gasteiger partial charge >= 0.3 is 0 Å². The van der Waals surface area contributed by atoms with E-state index in [0.29, 0.717) is 18.6 Å². The maximum absolute atomic E-state index is 8.95. The van der Waals surface area contributed by atoms with Gasteiger partial charge < -0.3 is 10.4 Å². The molecule has 0 spiro atoms. The fourth-order valence-corrected chi connectivity index (χ4v) is 2.25. The van der Waals surface area contributed by atoms with Crippen LogP contribution in [0.1, 0.15) is 45.4 Å². The van der Waals surface area contributed by atoms with Gasteiger partial charge in [0.1, 0.15) is 0 Å². The summed E-state index contributed by atoms with van der Waals surface area (Å²) in [5.74, 6) is 1.54. The SMILES string of the molecule is C=CCCC(NCC(CC)CCO)C1CC1. The van der Waals surface area contributed by atoms with Crippen LogP contribution in [0, 0.1) is 11.8 Å². The van der Waals surface area contributed by atoms with Gasteiger partial charge in [0, 0.05) is 12.6 Å².